The lowest BCUT2D eigenvalue weighted by Gasteiger charge is -2.33. The summed E-state index contributed by atoms with van der Waals surface area (Å²) in [6, 6.07) is 2.05. The van der Waals surface area contributed by atoms with Crippen LogP contribution in [0.4, 0.5) is 5.95 Å². The minimum Gasteiger partial charge on any atom is -0.373 e. The number of carbonyl (C=O) groups is 1. The predicted molar refractivity (Wildman–Crippen MR) is 95.3 cm³/mol. The number of amides is 1. The van der Waals surface area contributed by atoms with Crippen molar-refractivity contribution in [3.8, 4) is 0 Å². The van der Waals surface area contributed by atoms with Gasteiger partial charge < -0.3 is 15.0 Å². The van der Waals surface area contributed by atoms with E-state index >= 15 is 0 Å². The van der Waals surface area contributed by atoms with Crippen LogP contribution in [0.5, 0.6) is 0 Å². The Morgan fingerprint density at radius 3 is 2.88 bits per heavy atom. The van der Waals surface area contributed by atoms with Gasteiger partial charge in [0.05, 0.1) is 5.60 Å². The van der Waals surface area contributed by atoms with E-state index in [-0.39, 0.29) is 17.6 Å². The Bertz CT molecular complexity index is 603. The Morgan fingerprint density at radius 2 is 2.12 bits per heavy atom. The fraction of sp³-hybridized carbons (Fsp3) is 0.737. The van der Waals surface area contributed by atoms with Crippen LogP contribution in [0.1, 0.15) is 51.9 Å². The Kier molecular flexibility index (Phi) is 4.63. The molecule has 6 nitrogen and oxygen atoms in total. The smallest absolute Gasteiger partial charge is 0.242 e. The molecule has 6 heteroatoms. The average molecular weight is 344 g/mol. The monoisotopic (exact) mass is 344 g/mol. The van der Waals surface area contributed by atoms with E-state index in [1.165, 1.54) is 19.3 Å². The van der Waals surface area contributed by atoms with Crippen molar-refractivity contribution in [2.75, 3.05) is 18.1 Å². The Labute approximate surface area is 149 Å². The molecule has 25 heavy (non-hydrogen) atoms. The van der Waals surface area contributed by atoms with E-state index in [1.54, 1.807) is 12.4 Å². The highest BCUT2D eigenvalue weighted by Crippen LogP contribution is 2.41. The predicted octanol–water partition coefficient (Wildman–Crippen LogP) is 2.30. The summed E-state index contributed by atoms with van der Waals surface area (Å²) in [6.07, 6.45) is 11.4. The second-order valence-electron chi connectivity index (χ2n) is 7.94. The lowest BCUT2D eigenvalue weighted by Crippen LogP contribution is -2.50. The number of nitrogens with zero attached hydrogens (tertiary/aromatic N) is 3. The first kappa shape index (κ1) is 16.8. The van der Waals surface area contributed by atoms with Gasteiger partial charge in [-0.15, -0.1) is 0 Å². The second kappa shape index (κ2) is 6.90. The lowest BCUT2D eigenvalue weighted by atomic mass is 9.85. The van der Waals surface area contributed by atoms with Gasteiger partial charge in [-0.25, -0.2) is 9.97 Å². The van der Waals surface area contributed by atoms with Crippen molar-refractivity contribution in [1.29, 1.82) is 0 Å². The molecule has 3 fully saturated rings. The fourth-order valence-corrected chi connectivity index (χ4v) is 4.77. The van der Waals surface area contributed by atoms with Crippen LogP contribution in [0.15, 0.2) is 18.5 Å². The molecular weight excluding hydrogens is 316 g/mol. The summed E-state index contributed by atoms with van der Waals surface area (Å²) in [4.78, 5) is 24.1. The topological polar surface area (TPSA) is 67.4 Å². The van der Waals surface area contributed by atoms with Crippen molar-refractivity contribution >= 4 is 11.9 Å². The third kappa shape index (κ3) is 3.36. The molecule has 0 spiro atoms. The van der Waals surface area contributed by atoms with Gasteiger partial charge in [0.25, 0.3) is 0 Å². The molecule has 3 aliphatic rings. The zero-order valence-corrected chi connectivity index (χ0v) is 15.0. The number of fused-ring (bicyclic) bond motifs is 1. The molecule has 1 aromatic heterocycles. The van der Waals surface area contributed by atoms with Crippen LogP contribution in [0.25, 0.3) is 0 Å². The van der Waals surface area contributed by atoms with Gasteiger partial charge in [0, 0.05) is 31.6 Å². The summed E-state index contributed by atoms with van der Waals surface area (Å²) in [5.74, 6) is 1.37. The SMILES string of the molecule is C[C@]1(CNC(=O)[C@@H]2C[C@H]3CCCC[C@@H]3N2c2ncccn2)CCCO1. The molecule has 4 rings (SSSR count). The summed E-state index contributed by atoms with van der Waals surface area (Å²) < 4.78 is 5.81. The molecule has 136 valence electrons. The van der Waals surface area contributed by atoms with Crippen molar-refractivity contribution in [2.45, 2.75) is 69.6 Å². The average Bonchev–Trinajstić information content (AvgIpc) is 3.25. The fourth-order valence-electron chi connectivity index (χ4n) is 4.77. The quantitative estimate of drug-likeness (QED) is 0.908. The van der Waals surface area contributed by atoms with Crippen LogP contribution in [-0.4, -0.2) is 46.7 Å². The highest BCUT2D eigenvalue weighted by Gasteiger charge is 2.46. The molecule has 2 aliphatic heterocycles. The number of hydrogen-bond donors (Lipinski definition) is 1. The first-order valence-corrected chi connectivity index (χ1v) is 9.63. The minimum absolute atomic E-state index is 0.0959. The van der Waals surface area contributed by atoms with Gasteiger partial charge in [-0.3, -0.25) is 4.79 Å². The standard InChI is InChI=1S/C19H28N4O2/c1-19(8-4-11-25-19)13-22-17(24)16-12-14-6-2-3-7-15(14)23(16)18-20-9-5-10-21-18/h5,9-10,14-16H,2-4,6-8,11-13H2,1H3,(H,22,24)/t14-,15+,16+,19-/m1/s1. The van der Waals surface area contributed by atoms with Gasteiger partial charge in [-0.05, 0) is 51.0 Å². The van der Waals surface area contributed by atoms with Crippen molar-refractivity contribution < 1.29 is 9.53 Å². The first-order valence-electron chi connectivity index (χ1n) is 9.63. The highest BCUT2D eigenvalue weighted by atomic mass is 16.5. The van der Waals surface area contributed by atoms with Gasteiger partial charge in [0.15, 0.2) is 0 Å². The molecule has 1 amide bonds. The Hall–Kier alpha value is -1.69. The van der Waals surface area contributed by atoms with Crippen LogP contribution in [0.2, 0.25) is 0 Å². The van der Waals surface area contributed by atoms with E-state index in [0.717, 1.165) is 32.3 Å². The van der Waals surface area contributed by atoms with E-state index in [1.807, 2.05) is 6.07 Å². The van der Waals surface area contributed by atoms with Gasteiger partial charge in [0.1, 0.15) is 6.04 Å². The van der Waals surface area contributed by atoms with Crippen LogP contribution >= 0.6 is 0 Å². The minimum atomic E-state index is -0.213. The molecule has 1 saturated carbocycles. The first-order chi connectivity index (χ1) is 12.2. The summed E-state index contributed by atoms with van der Waals surface area (Å²) in [5, 5.41) is 3.16. The third-order valence-corrected chi connectivity index (χ3v) is 6.11. The number of aromatic nitrogens is 2. The summed E-state index contributed by atoms with van der Waals surface area (Å²) >= 11 is 0. The lowest BCUT2D eigenvalue weighted by molar-refractivity contribution is -0.123. The summed E-state index contributed by atoms with van der Waals surface area (Å²) in [6.45, 7) is 3.47. The normalized spacial score (nSPS) is 34.8. The molecular formula is C19H28N4O2. The molecule has 0 unspecified atom stereocenters. The van der Waals surface area contributed by atoms with E-state index in [4.69, 9.17) is 4.74 Å². The molecule has 1 aromatic rings. The molecule has 3 heterocycles. The zero-order valence-electron chi connectivity index (χ0n) is 15.0. The van der Waals surface area contributed by atoms with Crippen molar-refractivity contribution in [1.82, 2.24) is 15.3 Å². The van der Waals surface area contributed by atoms with Gasteiger partial charge in [-0.2, -0.15) is 0 Å². The highest BCUT2D eigenvalue weighted by molar-refractivity contribution is 5.85. The van der Waals surface area contributed by atoms with Gasteiger partial charge in [0.2, 0.25) is 11.9 Å². The number of rotatable bonds is 4. The van der Waals surface area contributed by atoms with Crippen LogP contribution < -0.4 is 10.2 Å². The molecule has 0 aromatic carbocycles. The zero-order chi connectivity index (χ0) is 17.3. The van der Waals surface area contributed by atoms with Crippen LogP contribution in [0.3, 0.4) is 0 Å². The largest absolute Gasteiger partial charge is 0.373 e. The maximum Gasteiger partial charge on any atom is 0.242 e. The van der Waals surface area contributed by atoms with E-state index in [2.05, 4.69) is 27.1 Å². The number of anilines is 1. The van der Waals surface area contributed by atoms with Crippen molar-refractivity contribution in [2.24, 2.45) is 5.92 Å². The Balaban J connectivity index is 1.50. The number of hydrogen-bond acceptors (Lipinski definition) is 5. The van der Waals surface area contributed by atoms with E-state index in [0.29, 0.717) is 24.5 Å². The third-order valence-electron chi connectivity index (χ3n) is 6.11. The van der Waals surface area contributed by atoms with Crippen molar-refractivity contribution in [3.05, 3.63) is 18.5 Å². The Morgan fingerprint density at radius 1 is 1.32 bits per heavy atom. The number of nitrogens with one attached hydrogen (secondary N) is 1. The van der Waals surface area contributed by atoms with Crippen LogP contribution in [0, 0.1) is 5.92 Å². The molecule has 1 aliphatic carbocycles. The van der Waals surface area contributed by atoms with E-state index < -0.39 is 0 Å². The maximum atomic E-state index is 13.0. The number of carbonyl (C=O) groups excluding carboxylic acids is 1. The van der Waals surface area contributed by atoms with Crippen molar-refractivity contribution in [3.63, 3.8) is 0 Å². The molecule has 4 atom stereocenters. The van der Waals surface area contributed by atoms with Gasteiger partial charge >= 0.3 is 0 Å². The second-order valence-corrected chi connectivity index (χ2v) is 7.94. The summed E-state index contributed by atoms with van der Waals surface area (Å²) in [7, 11) is 0. The van der Waals surface area contributed by atoms with E-state index in [9.17, 15) is 4.79 Å². The van der Waals surface area contributed by atoms with Gasteiger partial charge in [-0.1, -0.05) is 12.8 Å². The molecule has 0 bridgehead atoms. The summed E-state index contributed by atoms with van der Waals surface area (Å²) in [5.41, 5.74) is -0.213. The molecule has 2 saturated heterocycles. The molecule has 0 radical (unpaired) electrons. The van der Waals surface area contributed by atoms with Crippen LogP contribution in [-0.2, 0) is 9.53 Å². The maximum absolute atomic E-state index is 13.0. The number of ether oxygens (including phenoxy) is 1. The molecule has 1 N–H and O–H groups in total.